The van der Waals surface area contributed by atoms with Crippen LogP contribution in [0.2, 0.25) is 0 Å². The van der Waals surface area contributed by atoms with Gasteiger partial charge in [-0.05, 0) is 38.8 Å². The number of amides is 1. The summed E-state index contributed by atoms with van der Waals surface area (Å²) in [6.45, 7) is 4.64. The van der Waals surface area contributed by atoms with Gasteiger partial charge in [-0.1, -0.05) is 30.3 Å². The lowest BCUT2D eigenvalue weighted by atomic mass is 9.95. The first kappa shape index (κ1) is 16.6. The third-order valence-electron chi connectivity index (χ3n) is 3.48. The third-order valence-corrected chi connectivity index (χ3v) is 4.38. The third kappa shape index (κ3) is 4.93. The molecule has 118 valence electrons. The number of carbonyl (C=O) groups is 1. The number of nitrogens with zero attached hydrogens (tertiary/aromatic N) is 1. The van der Waals surface area contributed by atoms with Gasteiger partial charge in [-0.2, -0.15) is 0 Å². The molecule has 22 heavy (non-hydrogen) atoms. The zero-order valence-electron chi connectivity index (χ0n) is 13.1. The van der Waals surface area contributed by atoms with Gasteiger partial charge in [0.2, 0.25) is 0 Å². The van der Waals surface area contributed by atoms with Crippen LogP contribution >= 0.6 is 11.3 Å². The number of nitrogens with two attached hydrogens (primary N) is 1. The Labute approximate surface area is 135 Å². The average molecular weight is 317 g/mol. The van der Waals surface area contributed by atoms with Crippen molar-refractivity contribution in [3.05, 3.63) is 52.0 Å². The molecule has 0 atom stereocenters. The molecule has 3 N–H and O–H groups in total. The molecule has 0 aliphatic carbocycles. The Morgan fingerprint density at radius 1 is 1.27 bits per heavy atom. The van der Waals surface area contributed by atoms with Crippen LogP contribution in [0.25, 0.3) is 0 Å². The number of aryl methyl sites for hydroxylation is 1. The predicted octanol–water partition coefficient (Wildman–Crippen LogP) is 2.79. The molecule has 0 aliphatic rings. The summed E-state index contributed by atoms with van der Waals surface area (Å²) in [4.78, 5) is 16.6. The van der Waals surface area contributed by atoms with Crippen LogP contribution in [-0.4, -0.2) is 23.0 Å². The fourth-order valence-electron chi connectivity index (χ4n) is 2.19. The molecule has 0 spiro atoms. The van der Waals surface area contributed by atoms with Crippen molar-refractivity contribution >= 4 is 17.2 Å². The molecule has 4 nitrogen and oxygen atoms in total. The summed E-state index contributed by atoms with van der Waals surface area (Å²) < 4.78 is 0. The maximum absolute atomic E-state index is 12.3. The molecule has 0 fully saturated rings. The number of hydrogen-bond acceptors (Lipinski definition) is 4. The zero-order valence-corrected chi connectivity index (χ0v) is 14.0. The van der Waals surface area contributed by atoms with Crippen molar-refractivity contribution in [3.63, 3.8) is 0 Å². The number of nitrogens with one attached hydrogen (secondary N) is 1. The van der Waals surface area contributed by atoms with E-state index in [0.717, 1.165) is 24.3 Å². The molecule has 1 aromatic carbocycles. The van der Waals surface area contributed by atoms with Crippen LogP contribution < -0.4 is 11.1 Å². The van der Waals surface area contributed by atoms with Crippen molar-refractivity contribution in [1.82, 2.24) is 10.3 Å². The van der Waals surface area contributed by atoms with Crippen molar-refractivity contribution in [2.24, 2.45) is 5.73 Å². The number of benzene rings is 1. The summed E-state index contributed by atoms with van der Waals surface area (Å²) in [5.41, 5.74) is 7.00. The molecule has 0 unspecified atom stereocenters. The van der Waals surface area contributed by atoms with Crippen LogP contribution in [0.5, 0.6) is 0 Å². The first-order valence-corrected chi connectivity index (χ1v) is 8.39. The van der Waals surface area contributed by atoms with Gasteiger partial charge in [0.15, 0.2) is 0 Å². The van der Waals surface area contributed by atoms with Crippen LogP contribution in [0.3, 0.4) is 0 Å². The Hall–Kier alpha value is -1.72. The van der Waals surface area contributed by atoms with Crippen LogP contribution in [0.1, 0.15) is 41.3 Å². The molecule has 2 aromatic rings. The van der Waals surface area contributed by atoms with Gasteiger partial charge in [-0.15, -0.1) is 11.3 Å². The van der Waals surface area contributed by atoms with Crippen molar-refractivity contribution < 1.29 is 4.79 Å². The summed E-state index contributed by atoms with van der Waals surface area (Å²) in [6.07, 6.45) is 2.53. The fraction of sp³-hybridized carbons (Fsp3) is 0.412. The van der Waals surface area contributed by atoms with E-state index in [1.807, 2.05) is 32.0 Å². The standard InChI is InChI=1S/C17H23N3OS/c1-17(2,10-8-13-6-4-3-5-7-13)20-16(21)14-12-22-15(19-14)9-11-18/h3-7,12H,8-11,18H2,1-2H3,(H,20,21). The van der Waals surface area contributed by atoms with Crippen LogP contribution in [0.4, 0.5) is 0 Å². The highest BCUT2D eigenvalue weighted by atomic mass is 32.1. The van der Waals surface area contributed by atoms with Gasteiger partial charge in [0.1, 0.15) is 5.69 Å². The lowest BCUT2D eigenvalue weighted by Gasteiger charge is -2.26. The topological polar surface area (TPSA) is 68.0 Å². The van der Waals surface area contributed by atoms with E-state index < -0.39 is 0 Å². The molecular formula is C17H23N3OS. The summed E-state index contributed by atoms with van der Waals surface area (Å²) in [7, 11) is 0. The van der Waals surface area contributed by atoms with Crippen molar-refractivity contribution in [2.75, 3.05) is 6.54 Å². The SMILES string of the molecule is CC(C)(CCc1ccccc1)NC(=O)c1csc(CCN)n1. The summed E-state index contributed by atoms with van der Waals surface area (Å²) in [6, 6.07) is 10.3. The van der Waals surface area contributed by atoms with Gasteiger partial charge < -0.3 is 11.1 Å². The highest BCUT2D eigenvalue weighted by molar-refractivity contribution is 7.09. The number of carbonyl (C=O) groups excluding carboxylic acids is 1. The monoisotopic (exact) mass is 317 g/mol. The number of thiazole rings is 1. The first-order chi connectivity index (χ1) is 10.5. The molecule has 5 heteroatoms. The molecule has 0 radical (unpaired) electrons. The highest BCUT2D eigenvalue weighted by Gasteiger charge is 2.22. The minimum Gasteiger partial charge on any atom is -0.346 e. The van der Waals surface area contributed by atoms with Crippen LogP contribution in [-0.2, 0) is 12.8 Å². The van der Waals surface area contributed by atoms with Crippen LogP contribution in [0.15, 0.2) is 35.7 Å². The van der Waals surface area contributed by atoms with Crippen LogP contribution in [0, 0.1) is 0 Å². The van der Waals surface area contributed by atoms with Crippen molar-refractivity contribution in [2.45, 2.75) is 38.6 Å². The number of hydrogen-bond donors (Lipinski definition) is 2. The van der Waals surface area contributed by atoms with E-state index in [-0.39, 0.29) is 11.4 Å². The maximum atomic E-state index is 12.3. The summed E-state index contributed by atoms with van der Waals surface area (Å²) in [5.74, 6) is -0.113. The number of rotatable bonds is 7. The second-order valence-electron chi connectivity index (χ2n) is 5.99. The van der Waals surface area contributed by atoms with Gasteiger partial charge in [0, 0.05) is 17.3 Å². The van der Waals surface area contributed by atoms with E-state index in [4.69, 9.17) is 5.73 Å². The quantitative estimate of drug-likeness (QED) is 0.825. The molecule has 0 saturated heterocycles. The largest absolute Gasteiger partial charge is 0.346 e. The molecule has 0 saturated carbocycles. The Kier molecular flexibility index (Phi) is 5.69. The maximum Gasteiger partial charge on any atom is 0.271 e. The highest BCUT2D eigenvalue weighted by Crippen LogP contribution is 2.16. The van der Waals surface area contributed by atoms with E-state index >= 15 is 0 Å². The lowest BCUT2D eigenvalue weighted by Crippen LogP contribution is -2.43. The normalized spacial score (nSPS) is 11.4. The number of aromatic nitrogens is 1. The Bertz CT molecular complexity index is 607. The molecule has 2 rings (SSSR count). The minimum absolute atomic E-state index is 0.113. The predicted molar refractivity (Wildman–Crippen MR) is 91.2 cm³/mol. The van der Waals surface area contributed by atoms with E-state index in [1.54, 1.807) is 5.38 Å². The molecule has 1 heterocycles. The fourth-order valence-corrected chi connectivity index (χ4v) is 2.98. The first-order valence-electron chi connectivity index (χ1n) is 7.51. The molecular weight excluding hydrogens is 294 g/mol. The van der Waals surface area contributed by atoms with E-state index in [0.29, 0.717) is 12.2 Å². The lowest BCUT2D eigenvalue weighted by molar-refractivity contribution is 0.0904. The second kappa shape index (κ2) is 7.51. The van der Waals surface area contributed by atoms with Gasteiger partial charge in [0.05, 0.1) is 5.01 Å². The van der Waals surface area contributed by atoms with Gasteiger partial charge in [0.25, 0.3) is 5.91 Å². The molecule has 1 amide bonds. The zero-order chi connectivity index (χ0) is 16.0. The van der Waals surface area contributed by atoms with Gasteiger partial charge in [-0.3, -0.25) is 4.79 Å². The van der Waals surface area contributed by atoms with Gasteiger partial charge in [-0.25, -0.2) is 4.98 Å². The second-order valence-corrected chi connectivity index (χ2v) is 6.93. The summed E-state index contributed by atoms with van der Waals surface area (Å²) >= 11 is 1.49. The minimum atomic E-state index is -0.273. The average Bonchev–Trinajstić information content (AvgIpc) is 2.95. The Morgan fingerprint density at radius 2 is 2.00 bits per heavy atom. The summed E-state index contributed by atoms with van der Waals surface area (Å²) in [5, 5.41) is 5.78. The molecule has 1 aromatic heterocycles. The van der Waals surface area contributed by atoms with Crippen molar-refractivity contribution in [1.29, 1.82) is 0 Å². The van der Waals surface area contributed by atoms with E-state index in [9.17, 15) is 4.79 Å². The Balaban J connectivity index is 1.90. The van der Waals surface area contributed by atoms with E-state index in [2.05, 4.69) is 22.4 Å². The van der Waals surface area contributed by atoms with Crippen molar-refractivity contribution in [3.8, 4) is 0 Å². The molecule has 0 bridgehead atoms. The van der Waals surface area contributed by atoms with Gasteiger partial charge >= 0.3 is 0 Å². The van der Waals surface area contributed by atoms with E-state index in [1.165, 1.54) is 16.9 Å². The Morgan fingerprint density at radius 3 is 2.68 bits per heavy atom. The smallest absolute Gasteiger partial charge is 0.271 e. The molecule has 0 aliphatic heterocycles.